The third kappa shape index (κ3) is 4.31. The third-order valence-electron chi connectivity index (χ3n) is 2.98. The molecule has 2 aromatic rings. The second-order valence-corrected chi connectivity index (χ2v) is 6.18. The molecule has 0 saturated heterocycles. The van der Waals surface area contributed by atoms with Crippen molar-refractivity contribution < 1.29 is 18.1 Å². The van der Waals surface area contributed by atoms with E-state index >= 15 is 0 Å². The van der Waals surface area contributed by atoms with Gasteiger partial charge in [0.1, 0.15) is 0 Å². The average molecular weight is 332 g/mol. The quantitative estimate of drug-likeness (QED) is 0.389. The van der Waals surface area contributed by atoms with Gasteiger partial charge in [-0.2, -0.15) is 0 Å². The molecule has 2 N–H and O–H groups in total. The number of primary sulfonamides is 1. The lowest BCUT2D eigenvalue weighted by Gasteiger charge is -1.99. The second kappa shape index (κ2) is 6.51. The largest absolute Gasteiger partial charge is 0.289 e. The third-order valence-corrected chi connectivity index (χ3v) is 3.90. The summed E-state index contributed by atoms with van der Waals surface area (Å²) in [4.78, 5) is 22.1. The van der Waals surface area contributed by atoms with Crippen LogP contribution in [0.15, 0.2) is 59.5 Å². The highest BCUT2D eigenvalue weighted by molar-refractivity contribution is 7.89. The fourth-order valence-corrected chi connectivity index (χ4v) is 2.33. The zero-order valence-corrected chi connectivity index (χ0v) is 12.6. The molecule has 0 fully saturated rings. The molecule has 0 aliphatic carbocycles. The van der Waals surface area contributed by atoms with Crippen molar-refractivity contribution in [1.29, 1.82) is 0 Å². The summed E-state index contributed by atoms with van der Waals surface area (Å²) in [5, 5.41) is 15.7. The number of rotatable bonds is 5. The number of nitrogens with two attached hydrogens (primary N) is 1. The highest BCUT2D eigenvalue weighted by Gasteiger charge is 2.09. The Labute approximate surface area is 132 Å². The number of hydrogen-bond acceptors (Lipinski definition) is 5. The monoisotopic (exact) mass is 332 g/mol. The summed E-state index contributed by atoms with van der Waals surface area (Å²) in [6.07, 6.45) is 2.70. The van der Waals surface area contributed by atoms with E-state index in [-0.39, 0.29) is 21.9 Å². The number of sulfonamides is 1. The lowest BCUT2D eigenvalue weighted by Crippen LogP contribution is -2.12. The van der Waals surface area contributed by atoms with E-state index in [4.69, 9.17) is 5.14 Å². The van der Waals surface area contributed by atoms with Gasteiger partial charge in [0, 0.05) is 17.7 Å². The molecule has 7 nitrogen and oxygen atoms in total. The van der Waals surface area contributed by atoms with Gasteiger partial charge in [-0.25, -0.2) is 13.6 Å². The number of carbonyl (C=O) groups is 1. The highest BCUT2D eigenvalue weighted by Crippen LogP contribution is 2.15. The van der Waals surface area contributed by atoms with Crippen LogP contribution in [0.1, 0.15) is 15.9 Å². The van der Waals surface area contributed by atoms with E-state index < -0.39 is 14.9 Å². The van der Waals surface area contributed by atoms with Gasteiger partial charge in [0.2, 0.25) is 10.0 Å². The number of allylic oxidation sites excluding steroid dienone is 1. The van der Waals surface area contributed by atoms with Gasteiger partial charge in [0.25, 0.3) is 5.69 Å². The molecule has 0 unspecified atom stereocenters. The number of ketones is 1. The van der Waals surface area contributed by atoms with Crippen molar-refractivity contribution in [2.45, 2.75) is 4.90 Å². The normalized spacial score (nSPS) is 11.5. The van der Waals surface area contributed by atoms with Gasteiger partial charge in [0.05, 0.1) is 9.82 Å². The standard InChI is InChI=1S/C15H12N2O5S/c16-23(21,22)14-7-5-12(6-8-14)15(18)9-4-11-2-1-3-13(10-11)17(19)20/h1-10H,(H2,16,21,22)/b9-4+. The fraction of sp³-hybridized carbons (Fsp3) is 0. The number of nitrogens with zero attached hydrogens (tertiary/aromatic N) is 1. The first-order valence-corrected chi connectivity index (χ1v) is 7.92. The fourth-order valence-electron chi connectivity index (χ4n) is 1.82. The first-order chi connectivity index (χ1) is 10.8. The lowest BCUT2D eigenvalue weighted by atomic mass is 10.1. The van der Waals surface area contributed by atoms with E-state index in [0.717, 1.165) is 0 Å². The topological polar surface area (TPSA) is 120 Å². The summed E-state index contributed by atoms with van der Waals surface area (Å²) in [6.45, 7) is 0. The summed E-state index contributed by atoms with van der Waals surface area (Å²) in [5.74, 6) is -0.363. The van der Waals surface area contributed by atoms with Gasteiger partial charge >= 0.3 is 0 Å². The Morgan fingerprint density at radius 2 is 1.78 bits per heavy atom. The van der Waals surface area contributed by atoms with Crippen LogP contribution in [0.25, 0.3) is 6.08 Å². The van der Waals surface area contributed by atoms with Crippen LogP contribution in [0.5, 0.6) is 0 Å². The van der Waals surface area contributed by atoms with Gasteiger partial charge in [-0.1, -0.05) is 18.2 Å². The SMILES string of the molecule is NS(=O)(=O)c1ccc(C(=O)/C=C/c2cccc([N+](=O)[O-])c2)cc1. The minimum atomic E-state index is -3.81. The molecule has 0 radical (unpaired) electrons. The summed E-state index contributed by atoms with van der Waals surface area (Å²) in [6, 6.07) is 11.0. The molecule has 23 heavy (non-hydrogen) atoms. The van der Waals surface area contributed by atoms with Gasteiger partial charge in [0.15, 0.2) is 5.78 Å². The Morgan fingerprint density at radius 3 is 2.35 bits per heavy atom. The Morgan fingerprint density at radius 1 is 1.13 bits per heavy atom. The molecule has 0 aliphatic heterocycles. The van der Waals surface area contributed by atoms with Crippen LogP contribution >= 0.6 is 0 Å². The minimum Gasteiger partial charge on any atom is -0.289 e. The summed E-state index contributed by atoms with van der Waals surface area (Å²) in [7, 11) is -3.81. The number of non-ortho nitro benzene ring substituents is 1. The van der Waals surface area contributed by atoms with E-state index in [1.165, 1.54) is 54.6 Å². The molecule has 118 valence electrons. The highest BCUT2D eigenvalue weighted by atomic mass is 32.2. The van der Waals surface area contributed by atoms with Crippen LogP contribution in [-0.4, -0.2) is 19.1 Å². The van der Waals surface area contributed by atoms with Gasteiger partial charge in [-0.05, 0) is 35.9 Å². The molecule has 0 amide bonds. The Kier molecular flexibility index (Phi) is 4.68. The van der Waals surface area contributed by atoms with Gasteiger partial charge < -0.3 is 0 Å². The van der Waals surface area contributed by atoms with E-state index in [1.807, 2.05) is 0 Å². The molecule has 0 bridgehead atoms. The van der Waals surface area contributed by atoms with E-state index in [9.17, 15) is 23.3 Å². The molecule has 0 spiro atoms. The molecule has 2 rings (SSSR count). The predicted octanol–water partition coefficient (Wildman–Crippen LogP) is 2.14. The lowest BCUT2D eigenvalue weighted by molar-refractivity contribution is -0.384. The molecule has 0 heterocycles. The van der Waals surface area contributed by atoms with Crippen LogP contribution in [0, 0.1) is 10.1 Å². The zero-order chi connectivity index (χ0) is 17.0. The smallest absolute Gasteiger partial charge is 0.270 e. The van der Waals surface area contributed by atoms with E-state index in [0.29, 0.717) is 5.56 Å². The maximum atomic E-state index is 12.0. The van der Waals surface area contributed by atoms with E-state index in [2.05, 4.69) is 0 Å². The average Bonchev–Trinajstić information content (AvgIpc) is 2.52. The Bertz CT molecular complexity index is 886. The van der Waals surface area contributed by atoms with Crippen LogP contribution < -0.4 is 5.14 Å². The Balaban J connectivity index is 2.18. The van der Waals surface area contributed by atoms with Crippen molar-refractivity contribution in [3.05, 3.63) is 75.8 Å². The molecule has 0 aliphatic rings. The number of hydrogen-bond donors (Lipinski definition) is 1. The summed E-state index contributed by atoms with van der Waals surface area (Å²) < 4.78 is 22.3. The van der Waals surface area contributed by atoms with Crippen molar-refractivity contribution in [1.82, 2.24) is 0 Å². The second-order valence-electron chi connectivity index (χ2n) is 4.62. The van der Waals surface area contributed by atoms with E-state index in [1.54, 1.807) is 6.07 Å². The number of nitro benzene ring substituents is 1. The molecular formula is C15H12N2O5S. The van der Waals surface area contributed by atoms with Crippen molar-refractivity contribution in [2.24, 2.45) is 5.14 Å². The minimum absolute atomic E-state index is 0.0721. The van der Waals surface area contributed by atoms with Crippen LogP contribution in [-0.2, 0) is 10.0 Å². The number of nitro groups is 1. The molecule has 0 aromatic heterocycles. The van der Waals surface area contributed by atoms with Gasteiger partial charge in [-0.3, -0.25) is 14.9 Å². The summed E-state index contributed by atoms with van der Waals surface area (Å²) in [5.41, 5.74) is 0.713. The first kappa shape index (κ1) is 16.5. The van der Waals surface area contributed by atoms with Crippen molar-refractivity contribution in [3.8, 4) is 0 Å². The molecular weight excluding hydrogens is 320 g/mol. The van der Waals surface area contributed by atoms with Crippen molar-refractivity contribution >= 4 is 27.6 Å². The maximum Gasteiger partial charge on any atom is 0.270 e. The van der Waals surface area contributed by atoms with Crippen LogP contribution in [0.2, 0.25) is 0 Å². The first-order valence-electron chi connectivity index (χ1n) is 6.37. The maximum absolute atomic E-state index is 12.0. The van der Waals surface area contributed by atoms with Crippen molar-refractivity contribution in [3.63, 3.8) is 0 Å². The van der Waals surface area contributed by atoms with Crippen molar-refractivity contribution in [2.75, 3.05) is 0 Å². The zero-order valence-electron chi connectivity index (χ0n) is 11.7. The molecule has 8 heteroatoms. The summed E-state index contributed by atoms with van der Waals surface area (Å²) >= 11 is 0. The molecule has 2 aromatic carbocycles. The predicted molar refractivity (Wildman–Crippen MR) is 84.3 cm³/mol. The van der Waals surface area contributed by atoms with Gasteiger partial charge in [-0.15, -0.1) is 0 Å². The molecule has 0 saturated carbocycles. The molecule has 0 atom stereocenters. The van der Waals surface area contributed by atoms with Crippen LogP contribution in [0.3, 0.4) is 0 Å². The van der Waals surface area contributed by atoms with Crippen LogP contribution in [0.4, 0.5) is 5.69 Å². The number of benzene rings is 2. The number of carbonyl (C=O) groups excluding carboxylic acids is 1. The Hall–Kier alpha value is -2.84.